The normalized spacial score (nSPS) is 18.7. The summed E-state index contributed by atoms with van der Waals surface area (Å²) in [4.78, 5) is 26.7. The van der Waals surface area contributed by atoms with Gasteiger partial charge >= 0.3 is 5.69 Å². The number of para-hydroxylation sites is 1. The van der Waals surface area contributed by atoms with Crippen molar-refractivity contribution in [1.29, 1.82) is 0 Å². The number of hydrogen-bond acceptors (Lipinski definition) is 5. The van der Waals surface area contributed by atoms with Gasteiger partial charge < -0.3 is 15.5 Å². The second kappa shape index (κ2) is 6.09. The Kier molecular flexibility index (Phi) is 4.42. The lowest BCUT2D eigenvalue weighted by atomic mass is 10.1. The van der Waals surface area contributed by atoms with Gasteiger partial charge in [0.25, 0.3) is 5.91 Å². The zero-order valence-electron chi connectivity index (χ0n) is 12.3. The number of hydrogen-bond donors (Lipinski definition) is 1. The number of carbonyl (C=O) groups excluding carboxylic acids is 1. The lowest BCUT2D eigenvalue weighted by Gasteiger charge is -2.25. The minimum absolute atomic E-state index is 0.0113. The van der Waals surface area contributed by atoms with Crippen molar-refractivity contribution in [2.24, 2.45) is 0 Å². The number of carbonyl (C=O) groups is 1. The zero-order chi connectivity index (χ0) is 15.6. The molecular formula is C14H20N4O3. The fraction of sp³-hybridized carbons (Fsp3) is 0.500. The Bertz CT molecular complexity index is 561. The van der Waals surface area contributed by atoms with Crippen molar-refractivity contribution < 1.29 is 9.72 Å². The smallest absolute Gasteiger partial charge is 0.304 e. The summed E-state index contributed by atoms with van der Waals surface area (Å²) in [5.74, 6) is -0.366. The second-order valence-corrected chi connectivity index (χ2v) is 5.46. The highest BCUT2D eigenvalue weighted by Crippen LogP contribution is 2.27. The Balaban J connectivity index is 2.19. The van der Waals surface area contributed by atoms with Crippen LogP contribution in [0.2, 0.25) is 0 Å². The maximum atomic E-state index is 12.5. The number of nitrogen functional groups attached to an aromatic ring is 1. The molecule has 0 spiro atoms. The van der Waals surface area contributed by atoms with Gasteiger partial charge in [0.15, 0.2) is 0 Å². The Hall–Kier alpha value is -2.15. The van der Waals surface area contributed by atoms with E-state index >= 15 is 0 Å². The summed E-state index contributed by atoms with van der Waals surface area (Å²) in [5, 5.41) is 11.1. The third-order valence-corrected chi connectivity index (χ3v) is 3.98. The molecule has 1 aromatic carbocycles. The van der Waals surface area contributed by atoms with E-state index in [1.807, 2.05) is 7.05 Å². The van der Waals surface area contributed by atoms with E-state index in [0.29, 0.717) is 12.6 Å². The molecule has 1 aliphatic rings. The number of nitrogens with two attached hydrogens (primary N) is 1. The van der Waals surface area contributed by atoms with Gasteiger partial charge in [0, 0.05) is 19.6 Å². The van der Waals surface area contributed by atoms with E-state index in [0.717, 1.165) is 19.4 Å². The minimum Gasteiger partial charge on any atom is -0.393 e. The van der Waals surface area contributed by atoms with Gasteiger partial charge in [-0.3, -0.25) is 14.9 Å². The molecule has 1 unspecified atom stereocenters. The second-order valence-electron chi connectivity index (χ2n) is 5.46. The quantitative estimate of drug-likeness (QED) is 0.513. The fourth-order valence-electron chi connectivity index (χ4n) is 2.75. The molecule has 7 nitrogen and oxygen atoms in total. The number of likely N-dealkylation sites (N-methyl/N-ethyl adjacent to an activating group) is 2. The van der Waals surface area contributed by atoms with Crippen molar-refractivity contribution in [3.63, 3.8) is 0 Å². The monoisotopic (exact) mass is 292 g/mol. The van der Waals surface area contributed by atoms with Crippen LogP contribution in [0.5, 0.6) is 0 Å². The molecule has 1 atom stereocenters. The summed E-state index contributed by atoms with van der Waals surface area (Å²) in [6, 6.07) is 4.75. The van der Waals surface area contributed by atoms with Crippen LogP contribution < -0.4 is 5.73 Å². The zero-order valence-corrected chi connectivity index (χ0v) is 12.3. The predicted octanol–water partition coefficient (Wildman–Crippen LogP) is 1.34. The average Bonchev–Trinajstić information content (AvgIpc) is 2.82. The number of nitro benzene ring substituents is 1. The number of amides is 1. The number of nitro groups is 1. The van der Waals surface area contributed by atoms with E-state index in [9.17, 15) is 14.9 Å². The van der Waals surface area contributed by atoms with Gasteiger partial charge in [0.05, 0.1) is 4.92 Å². The summed E-state index contributed by atoms with van der Waals surface area (Å²) in [7, 11) is 3.69. The molecule has 1 amide bonds. The Morgan fingerprint density at radius 1 is 1.57 bits per heavy atom. The Morgan fingerprint density at radius 2 is 2.29 bits per heavy atom. The van der Waals surface area contributed by atoms with Crippen molar-refractivity contribution >= 4 is 17.3 Å². The Labute approximate surface area is 123 Å². The summed E-state index contributed by atoms with van der Waals surface area (Å²) in [5.41, 5.74) is 5.37. The topological polar surface area (TPSA) is 92.7 Å². The van der Waals surface area contributed by atoms with Gasteiger partial charge in [-0.2, -0.15) is 0 Å². The third-order valence-electron chi connectivity index (χ3n) is 3.98. The van der Waals surface area contributed by atoms with Gasteiger partial charge in [0.2, 0.25) is 0 Å². The molecule has 7 heteroatoms. The first-order valence-electron chi connectivity index (χ1n) is 6.90. The first-order valence-corrected chi connectivity index (χ1v) is 6.90. The molecule has 0 saturated carbocycles. The number of anilines is 1. The van der Waals surface area contributed by atoms with Crippen LogP contribution in [0.4, 0.5) is 11.4 Å². The van der Waals surface area contributed by atoms with Crippen molar-refractivity contribution in [2.45, 2.75) is 18.9 Å². The molecule has 2 rings (SSSR count). The molecule has 1 fully saturated rings. The maximum Gasteiger partial charge on any atom is 0.304 e. The van der Waals surface area contributed by atoms with Crippen LogP contribution in [0.3, 0.4) is 0 Å². The van der Waals surface area contributed by atoms with Crippen molar-refractivity contribution in [1.82, 2.24) is 9.80 Å². The SMILES string of the molecule is CN(CC1CCCN1C)C(=O)c1cccc(N)c1[N+](=O)[O-]. The maximum absolute atomic E-state index is 12.5. The third kappa shape index (κ3) is 3.13. The van der Waals surface area contributed by atoms with Crippen LogP contribution >= 0.6 is 0 Å². The molecule has 1 heterocycles. The van der Waals surface area contributed by atoms with Crippen LogP contribution in [0.25, 0.3) is 0 Å². The van der Waals surface area contributed by atoms with E-state index in [-0.39, 0.29) is 22.8 Å². The standard InChI is InChI=1S/C14H20N4O3/c1-16-8-4-5-10(16)9-17(2)14(19)11-6-3-7-12(15)13(11)18(20)21/h3,6-7,10H,4-5,8-9,15H2,1-2H3. The molecule has 21 heavy (non-hydrogen) atoms. The van der Waals surface area contributed by atoms with Crippen LogP contribution in [0.15, 0.2) is 18.2 Å². The number of likely N-dealkylation sites (tertiary alicyclic amines) is 1. The first kappa shape index (κ1) is 15.2. The summed E-state index contributed by atoms with van der Waals surface area (Å²) in [6.07, 6.45) is 2.15. The molecule has 0 bridgehead atoms. The van der Waals surface area contributed by atoms with E-state index < -0.39 is 4.92 Å². The van der Waals surface area contributed by atoms with Crippen molar-refractivity contribution in [3.8, 4) is 0 Å². The molecule has 1 aliphatic heterocycles. The molecule has 1 saturated heterocycles. The van der Waals surface area contributed by atoms with Crippen molar-refractivity contribution in [2.75, 3.05) is 32.9 Å². The molecule has 114 valence electrons. The molecule has 0 radical (unpaired) electrons. The van der Waals surface area contributed by atoms with Crippen LogP contribution in [-0.2, 0) is 0 Å². The van der Waals surface area contributed by atoms with Gasteiger partial charge in [-0.05, 0) is 38.6 Å². The summed E-state index contributed by atoms with van der Waals surface area (Å²) >= 11 is 0. The molecule has 1 aromatic rings. The predicted molar refractivity (Wildman–Crippen MR) is 80.1 cm³/mol. The van der Waals surface area contributed by atoms with Gasteiger partial charge in [-0.1, -0.05) is 6.07 Å². The molecule has 0 aromatic heterocycles. The van der Waals surface area contributed by atoms with Gasteiger partial charge in [0.1, 0.15) is 11.3 Å². The largest absolute Gasteiger partial charge is 0.393 e. The summed E-state index contributed by atoms with van der Waals surface area (Å²) < 4.78 is 0. The lowest BCUT2D eigenvalue weighted by molar-refractivity contribution is -0.384. The molecule has 0 aliphatic carbocycles. The number of rotatable bonds is 4. The van der Waals surface area contributed by atoms with Crippen LogP contribution in [0.1, 0.15) is 23.2 Å². The fourth-order valence-corrected chi connectivity index (χ4v) is 2.75. The van der Waals surface area contributed by atoms with Crippen LogP contribution in [-0.4, -0.2) is 53.9 Å². The highest BCUT2D eigenvalue weighted by molar-refractivity contribution is 6.00. The highest BCUT2D eigenvalue weighted by Gasteiger charge is 2.28. The summed E-state index contributed by atoms with van der Waals surface area (Å²) in [6.45, 7) is 1.58. The van der Waals surface area contributed by atoms with E-state index in [4.69, 9.17) is 5.73 Å². The molecular weight excluding hydrogens is 272 g/mol. The van der Waals surface area contributed by atoms with Crippen molar-refractivity contribution in [3.05, 3.63) is 33.9 Å². The van der Waals surface area contributed by atoms with Crippen LogP contribution in [0, 0.1) is 10.1 Å². The Morgan fingerprint density at radius 3 is 2.86 bits per heavy atom. The van der Waals surface area contributed by atoms with E-state index in [1.165, 1.54) is 17.0 Å². The van der Waals surface area contributed by atoms with Gasteiger partial charge in [-0.15, -0.1) is 0 Å². The van der Waals surface area contributed by atoms with Gasteiger partial charge in [-0.25, -0.2) is 0 Å². The van der Waals surface area contributed by atoms with E-state index in [1.54, 1.807) is 13.1 Å². The average molecular weight is 292 g/mol. The first-order chi connectivity index (χ1) is 9.91. The minimum atomic E-state index is -0.599. The lowest BCUT2D eigenvalue weighted by Crippen LogP contribution is -2.39. The van der Waals surface area contributed by atoms with E-state index in [2.05, 4.69) is 4.90 Å². The number of benzene rings is 1. The number of nitrogens with zero attached hydrogens (tertiary/aromatic N) is 3. The molecule has 2 N–H and O–H groups in total. The highest BCUT2D eigenvalue weighted by atomic mass is 16.6.